The maximum absolute atomic E-state index is 5.76. The van der Waals surface area contributed by atoms with E-state index in [-0.39, 0.29) is 5.41 Å². The van der Waals surface area contributed by atoms with Gasteiger partial charge in [0.1, 0.15) is 5.75 Å². The quantitative estimate of drug-likeness (QED) is 0.567. The Morgan fingerprint density at radius 1 is 1.19 bits per heavy atom. The Balaban J connectivity index is 1.46. The van der Waals surface area contributed by atoms with E-state index in [1.165, 1.54) is 16.1 Å². The van der Waals surface area contributed by atoms with Crippen LogP contribution in [0.25, 0.3) is 0 Å². The average molecular weight is 443 g/mol. The normalized spacial score (nSPS) is 19.4. The van der Waals surface area contributed by atoms with Crippen LogP contribution >= 0.6 is 11.3 Å². The number of hydrogen-bond donors (Lipinski definition) is 1. The van der Waals surface area contributed by atoms with Gasteiger partial charge in [-0.2, -0.15) is 0 Å². The molecule has 2 saturated heterocycles. The molecule has 0 atom stereocenters. The number of rotatable bonds is 5. The predicted molar refractivity (Wildman–Crippen MR) is 129 cm³/mol. The number of anilines is 1. The zero-order chi connectivity index (χ0) is 21.7. The van der Waals surface area contributed by atoms with E-state index < -0.39 is 0 Å². The van der Waals surface area contributed by atoms with Gasteiger partial charge in [0, 0.05) is 64.0 Å². The number of guanidine groups is 1. The van der Waals surface area contributed by atoms with Crippen molar-refractivity contribution in [2.45, 2.75) is 25.2 Å². The van der Waals surface area contributed by atoms with Crippen molar-refractivity contribution in [3.8, 4) is 5.75 Å². The number of aliphatic imine (C=N–C) groups is 1. The lowest BCUT2D eigenvalue weighted by Crippen LogP contribution is -2.55. The lowest BCUT2D eigenvalue weighted by molar-refractivity contribution is 0.0503. The lowest BCUT2D eigenvalue weighted by Gasteiger charge is -2.41. The highest BCUT2D eigenvalue weighted by atomic mass is 32.1. The number of methoxy groups -OCH3 is 1. The minimum Gasteiger partial charge on any atom is -0.496 e. The Morgan fingerprint density at radius 2 is 1.97 bits per heavy atom. The molecule has 0 aliphatic carbocycles. The van der Waals surface area contributed by atoms with Gasteiger partial charge in [-0.25, -0.2) is 0 Å². The summed E-state index contributed by atoms with van der Waals surface area (Å²) in [5.74, 6) is 1.96. The molecular formula is C24H34N4O2S. The molecule has 0 bridgehead atoms. The molecule has 0 saturated carbocycles. The molecule has 0 spiro atoms. The van der Waals surface area contributed by atoms with Gasteiger partial charge in [-0.05, 0) is 43.3 Å². The highest BCUT2D eigenvalue weighted by Crippen LogP contribution is 2.40. The van der Waals surface area contributed by atoms with Crippen molar-refractivity contribution in [3.05, 3.63) is 46.8 Å². The van der Waals surface area contributed by atoms with Crippen LogP contribution in [-0.2, 0) is 10.2 Å². The minimum atomic E-state index is -0.0235. The maximum Gasteiger partial charge on any atom is 0.193 e. The molecule has 2 aliphatic rings. The van der Waals surface area contributed by atoms with E-state index in [9.17, 15) is 0 Å². The smallest absolute Gasteiger partial charge is 0.193 e. The molecule has 2 aromatic rings. The van der Waals surface area contributed by atoms with Crippen molar-refractivity contribution in [3.63, 3.8) is 0 Å². The molecular weight excluding hydrogens is 408 g/mol. The summed E-state index contributed by atoms with van der Waals surface area (Å²) in [6.07, 6.45) is 1.95. The average Bonchev–Trinajstić information content (AvgIpc) is 3.35. The second kappa shape index (κ2) is 9.92. The number of piperazine rings is 1. The van der Waals surface area contributed by atoms with E-state index in [4.69, 9.17) is 9.47 Å². The van der Waals surface area contributed by atoms with Gasteiger partial charge >= 0.3 is 0 Å². The van der Waals surface area contributed by atoms with Crippen LogP contribution in [-0.4, -0.2) is 71.0 Å². The van der Waals surface area contributed by atoms with Gasteiger partial charge in [0.25, 0.3) is 0 Å². The van der Waals surface area contributed by atoms with Crippen LogP contribution < -0.4 is 15.0 Å². The van der Waals surface area contributed by atoms with Gasteiger partial charge in [-0.3, -0.25) is 4.99 Å². The van der Waals surface area contributed by atoms with E-state index in [0.29, 0.717) is 0 Å². The molecule has 31 heavy (non-hydrogen) atoms. The Kier molecular flexibility index (Phi) is 7.02. The van der Waals surface area contributed by atoms with E-state index in [2.05, 4.69) is 62.7 Å². The zero-order valence-electron chi connectivity index (χ0n) is 18.9. The third-order valence-corrected chi connectivity index (χ3v) is 7.50. The van der Waals surface area contributed by atoms with Gasteiger partial charge in [-0.15, -0.1) is 11.3 Å². The largest absolute Gasteiger partial charge is 0.496 e. The number of ether oxygens (including phenoxy) is 2. The summed E-state index contributed by atoms with van der Waals surface area (Å²) in [4.78, 5) is 9.47. The van der Waals surface area contributed by atoms with Crippen LogP contribution in [0, 0.1) is 6.92 Å². The lowest BCUT2D eigenvalue weighted by atomic mass is 9.73. The van der Waals surface area contributed by atoms with Crippen LogP contribution in [0.3, 0.4) is 0 Å². The first-order chi connectivity index (χ1) is 15.1. The Hall–Kier alpha value is -2.25. The van der Waals surface area contributed by atoms with Crippen LogP contribution in [0.2, 0.25) is 0 Å². The molecule has 6 nitrogen and oxygen atoms in total. The first-order valence-electron chi connectivity index (χ1n) is 11.1. The van der Waals surface area contributed by atoms with Gasteiger partial charge in [0.05, 0.1) is 12.1 Å². The predicted octanol–water partition coefficient (Wildman–Crippen LogP) is 3.51. The van der Waals surface area contributed by atoms with Gasteiger partial charge < -0.3 is 24.6 Å². The molecule has 0 unspecified atom stereocenters. The number of nitrogens with one attached hydrogen (secondary N) is 1. The molecule has 3 heterocycles. The van der Waals surface area contributed by atoms with Crippen LogP contribution in [0.1, 0.15) is 24.0 Å². The highest BCUT2D eigenvalue weighted by Gasteiger charge is 2.37. The van der Waals surface area contributed by atoms with Gasteiger partial charge in [0.15, 0.2) is 5.96 Å². The molecule has 0 amide bonds. The number of hydrogen-bond acceptors (Lipinski definition) is 5. The van der Waals surface area contributed by atoms with Crippen molar-refractivity contribution in [2.24, 2.45) is 4.99 Å². The molecule has 1 aromatic heterocycles. The Bertz CT molecular complexity index is 870. The summed E-state index contributed by atoms with van der Waals surface area (Å²) in [6.45, 7) is 8.51. The Labute approximate surface area is 189 Å². The molecule has 0 radical (unpaired) electrons. The van der Waals surface area contributed by atoms with Crippen molar-refractivity contribution >= 4 is 22.3 Å². The standard InChI is InChI=1S/C24H34N4O2S/c1-19-6-7-21(29-3)20(17-19)24(8-14-30-15-9-24)18-26-23(25-2)28-12-10-27(11-13-28)22-5-4-16-31-22/h4-7,16-17H,8-15,18H2,1-3H3,(H,25,26). The SMILES string of the molecule is CN=C(NCC1(c2cc(C)ccc2OC)CCOCC1)N1CCN(c2cccs2)CC1. The number of aryl methyl sites for hydroxylation is 1. The van der Waals surface area contributed by atoms with E-state index in [1.54, 1.807) is 7.11 Å². The molecule has 2 aliphatic heterocycles. The molecule has 168 valence electrons. The van der Waals surface area contributed by atoms with E-state index >= 15 is 0 Å². The third-order valence-electron chi connectivity index (χ3n) is 6.57. The fourth-order valence-electron chi connectivity index (χ4n) is 4.71. The number of thiophene rings is 1. The fraction of sp³-hybridized carbons (Fsp3) is 0.542. The second-order valence-electron chi connectivity index (χ2n) is 8.42. The first-order valence-corrected chi connectivity index (χ1v) is 12.0. The van der Waals surface area contributed by atoms with Crippen LogP contribution in [0.4, 0.5) is 5.00 Å². The molecule has 2 fully saturated rings. The fourth-order valence-corrected chi connectivity index (χ4v) is 5.49. The van der Waals surface area contributed by atoms with E-state index in [0.717, 1.165) is 70.5 Å². The van der Waals surface area contributed by atoms with Crippen molar-refractivity contribution in [1.82, 2.24) is 10.2 Å². The third kappa shape index (κ3) is 4.83. The Morgan fingerprint density at radius 3 is 2.61 bits per heavy atom. The molecule has 1 N–H and O–H groups in total. The molecule has 4 rings (SSSR count). The summed E-state index contributed by atoms with van der Waals surface area (Å²) in [7, 11) is 3.65. The van der Waals surface area contributed by atoms with E-state index in [1.807, 2.05) is 18.4 Å². The summed E-state index contributed by atoms with van der Waals surface area (Å²) in [5.41, 5.74) is 2.52. The molecule has 1 aromatic carbocycles. The summed E-state index contributed by atoms with van der Waals surface area (Å²) < 4.78 is 11.5. The number of nitrogens with zero attached hydrogens (tertiary/aromatic N) is 3. The van der Waals surface area contributed by atoms with Crippen molar-refractivity contribution < 1.29 is 9.47 Å². The highest BCUT2D eigenvalue weighted by molar-refractivity contribution is 7.14. The van der Waals surface area contributed by atoms with Gasteiger partial charge in [0.2, 0.25) is 0 Å². The zero-order valence-corrected chi connectivity index (χ0v) is 19.7. The minimum absolute atomic E-state index is 0.0235. The topological polar surface area (TPSA) is 49.3 Å². The first kappa shape index (κ1) is 22.0. The van der Waals surface area contributed by atoms with Crippen molar-refractivity contribution in [1.29, 1.82) is 0 Å². The summed E-state index contributed by atoms with van der Waals surface area (Å²) in [6, 6.07) is 10.8. The molecule has 7 heteroatoms. The summed E-state index contributed by atoms with van der Waals surface area (Å²) in [5, 5.41) is 7.22. The van der Waals surface area contributed by atoms with Gasteiger partial charge in [-0.1, -0.05) is 17.7 Å². The number of benzene rings is 1. The second-order valence-corrected chi connectivity index (χ2v) is 9.35. The van der Waals surface area contributed by atoms with Crippen LogP contribution in [0.5, 0.6) is 5.75 Å². The maximum atomic E-state index is 5.76. The van der Waals surface area contributed by atoms with Crippen LogP contribution in [0.15, 0.2) is 40.7 Å². The monoisotopic (exact) mass is 442 g/mol. The summed E-state index contributed by atoms with van der Waals surface area (Å²) >= 11 is 1.81. The van der Waals surface area contributed by atoms with Crippen molar-refractivity contribution in [2.75, 3.05) is 65.0 Å².